The number of hydrogen-bond acceptors (Lipinski definition) is 3. The predicted octanol–water partition coefficient (Wildman–Crippen LogP) is 2.85. The van der Waals surface area contributed by atoms with Crippen LogP contribution in [0.1, 0.15) is 39.7 Å². The summed E-state index contributed by atoms with van der Waals surface area (Å²) >= 11 is 0. The van der Waals surface area contributed by atoms with Crippen LogP contribution < -0.4 is 5.32 Å². The molecule has 18 heavy (non-hydrogen) atoms. The van der Waals surface area contributed by atoms with Crippen LogP contribution in [0.4, 0.5) is 0 Å². The van der Waals surface area contributed by atoms with Gasteiger partial charge in [0.15, 0.2) is 0 Å². The van der Waals surface area contributed by atoms with Crippen molar-refractivity contribution >= 4 is 5.97 Å². The van der Waals surface area contributed by atoms with Crippen molar-refractivity contribution in [1.29, 1.82) is 0 Å². The molecule has 1 aromatic rings. The first-order chi connectivity index (χ1) is 8.54. The van der Waals surface area contributed by atoms with Crippen LogP contribution >= 0.6 is 0 Å². The Hall–Kier alpha value is -1.35. The van der Waals surface area contributed by atoms with Crippen LogP contribution in [0.5, 0.6) is 0 Å². The number of hydrogen-bond donors (Lipinski definition) is 1. The standard InChI is InChI=1S/C15H23NO2/c1-5-12(3)16-15(4,14(17)18-6-2)13-10-8-7-9-11-13/h7-12,16H,5-6H2,1-4H3. The summed E-state index contributed by atoms with van der Waals surface area (Å²) in [4.78, 5) is 12.2. The van der Waals surface area contributed by atoms with E-state index in [0.717, 1.165) is 12.0 Å². The second kappa shape index (κ2) is 6.55. The Balaban J connectivity index is 3.05. The molecule has 0 heterocycles. The van der Waals surface area contributed by atoms with Gasteiger partial charge in [-0.15, -0.1) is 0 Å². The summed E-state index contributed by atoms with van der Waals surface area (Å²) in [6.45, 7) is 8.26. The van der Waals surface area contributed by atoms with Crippen LogP contribution in [0, 0.1) is 0 Å². The Morgan fingerprint density at radius 2 is 1.94 bits per heavy atom. The van der Waals surface area contributed by atoms with Crippen LogP contribution in [-0.4, -0.2) is 18.6 Å². The van der Waals surface area contributed by atoms with Crippen molar-refractivity contribution in [3.8, 4) is 0 Å². The molecule has 0 saturated carbocycles. The van der Waals surface area contributed by atoms with Crippen molar-refractivity contribution in [3.05, 3.63) is 35.9 Å². The minimum absolute atomic E-state index is 0.225. The van der Waals surface area contributed by atoms with Crippen molar-refractivity contribution in [2.45, 2.75) is 45.7 Å². The number of carbonyl (C=O) groups excluding carboxylic acids is 1. The van der Waals surface area contributed by atoms with Crippen LogP contribution in [-0.2, 0) is 15.1 Å². The van der Waals surface area contributed by atoms with Gasteiger partial charge in [-0.1, -0.05) is 37.3 Å². The lowest BCUT2D eigenvalue weighted by Crippen LogP contribution is -2.51. The highest BCUT2D eigenvalue weighted by atomic mass is 16.5. The second-order valence-corrected chi connectivity index (χ2v) is 4.67. The van der Waals surface area contributed by atoms with E-state index in [2.05, 4.69) is 19.2 Å². The maximum absolute atomic E-state index is 12.2. The summed E-state index contributed by atoms with van der Waals surface area (Å²) < 4.78 is 5.21. The molecule has 3 nitrogen and oxygen atoms in total. The lowest BCUT2D eigenvalue weighted by atomic mass is 9.91. The first kappa shape index (κ1) is 14.7. The second-order valence-electron chi connectivity index (χ2n) is 4.67. The van der Waals surface area contributed by atoms with E-state index in [0.29, 0.717) is 6.61 Å². The first-order valence-corrected chi connectivity index (χ1v) is 6.55. The highest BCUT2D eigenvalue weighted by Crippen LogP contribution is 2.23. The third-order valence-corrected chi connectivity index (χ3v) is 3.18. The van der Waals surface area contributed by atoms with Crippen molar-refractivity contribution in [2.75, 3.05) is 6.61 Å². The lowest BCUT2D eigenvalue weighted by molar-refractivity contribution is -0.151. The van der Waals surface area contributed by atoms with Gasteiger partial charge in [0.05, 0.1) is 6.61 Å². The van der Waals surface area contributed by atoms with Gasteiger partial charge in [0.1, 0.15) is 5.54 Å². The average molecular weight is 249 g/mol. The van der Waals surface area contributed by atoms with Gasteiger partial charge < -0.3 is 4.74 Å². The Bertz CT molecular complexity index is 377. The average Bonchev–Trinajstić information content (AvgIpc) is 2.39. The molecule has 0 radical (unpaired) electrons. The molecule has 0 aliphatic heterocycles. The van der Waals surface area contributed by atoms with Gasteiger partial charge in [-0.25, -0.2) is 4.79 Å². The Morgan fingerprint density at radius 3 is 2.44 bits per heavy atom. The number of benzene rings is 1. The van der Waals surface area contributed by atoms with E-state index < -0.39 is 5.54 Å². The van der Waals surface area contributed by atoms with E-state index >= 15 is 0 Å². The minimum Gasteiger partial charge on any atom is -0.464 e. The maximum atomic E-state index is 12.2. The van der Waals surface area contributed by atoms with E-state index in [1.807, 2.05) is 44.2 Å². The molecule has 1 rings (SSSR count). The normalized spacial score (nSPS) is 15.8. The number of carbonyl (C=O) groups is 1. The highest BCUT2D eigenvalue weighted by Gasteiger charge is 2.37. The fourth-order valence-electron chi connectivity index (χ4n) is 1.90. The van der Waals surface area contributed by atoms with E-state index in [1.54, 1.807) is 0 Å². The predicted molar refractivity (Wildman–Crippen MR) is 73.3 cm³/mol. The SMILES string of the molecule is CCOC(=O)C(C)(NC(C)CC)c1ccccc1. The quantitative estimate of drug-likeness (QED) is 0.788. The van der Waals surface area contributed by atoms with Crippen LogP contribution in [0.15, 0.2) is 30.3 Å². The summed E-state index contributed by atoms with van der Waals surface area (Å²) in [5, 5.41) is 3.37. The van der Waals surface area contributed by atoms with E-state index in [-0.39, 0.29) is 12.0 Å². The number of esters is 1. The van der Waals surface area contributed by atoms with Gasteiger partial charge in [0, 0.05) is 6.04 Å². The minimum atomic E-state index is -0.785. The molecule has 2 unspecified atom stereocenters. The maximum Gasteiger partial charge on any atom is 0.330 e. The zero-order chi connectivity index (χ0) is 13.6. The topological polar surface area (TPSA) is 38.3 Å². The Morgan fingerprint density at radius 1 is 1.33 bits per heavy atom. The molecular weight excluding hydrogens is 226 g/mol. The van der Waals surface area contributed by atoms with E-state index in [1.165, 1.54) is 0 Å². The van der Waals surface area contributed by atoms with Gasteiger partial charge >= 0.3 is 5.97 Å². The van der Waals surface area contributed by atoms with Gasteiger partial charge in [0.25, 0.3) is 0 Å². The fraction of sp³-hybridized carbons (Fsp3) is 0.533. The van der Waals surface area contributed by atoms with Crippen LogP contribution in [0.25, 0.3) is 0 Å². The number of ether oxygens (including phenoxy) is 1. The van der Waals surface area contributed by atoms with Crippen molar-refractivity contribution in [1.82, 2.24) is 5.32 Å². The molecule has 0 bridgehead atoms. The van der Waals surface area contributed by atoms with Crippen LogP contribution in [0.2, 0.25) is 0 Å². The highest BCUT2D eigenvalue weighted by molar-refractivity contribution is 5.82. The summed E-state index contributed by atoms with van der Waals surface area (Å²) in [5.74, 6) is -0.225. The fourth-order valence-corrected chi connectivity index (χ4v) is 1.90. The monoisotopic (exact) mass is 249 g/mol. The molecule has 0 amide bonds. The molecule has 0 fully saturated rings. The van der Waals surface area contributed by atoms with E-state index in [4.69, 9.17) is 4.74 Å². The molecular formula is C15H23NO2. The molecule has 0 saturated heterocycles. The molecule has 1 aromatic carbocycles. The largest absolute Gasteiger partial charge is 0.464 e. The van der Waals surface area contributed by atoms with Crippen LogP contribution in [0.3, 0.4) is 0 Å². The third-order valence-electron chi connectivity index (χ3n) is 3.18. The van der Waals surface area contributed by atoms with Crippen molar-refractivity contribution in [2.24, 2.45) is 0 Å². The Kier molecular flexibility index (Phi) is 5.35. The molecule has 0 aliphatic carbocycles. The zero-order valence-electron chi connectivity index (χ0n) is 11.7. The Labute approximate surface area is 110 Å². The summed E-state index contributed by atoms with van der Waals surface area (Å²) in [7, 11) is 0. The molecule has 0 spiro atoms. The third kappa shape index (κ3) is 3.33. The number of rotatable bonds is 6. The molecule has 0 aromatic heterocycles. The molecule has 100 valence electrons. The van der Waals surface area contributed by atoms with Crippen molar-refractivity contribution < 1.29 is 9.53 Å². The molecule has 3 heteroatoms. The van der Waals surface area contributed by atoms with Gasteiger partial charge in [-0.3, -0.25) is 5.32 Å². The van der Waals surface area contributed by atoms with Gasteiger partial charge in [-0.2, -0.15) is 0 Å². The molecule has 0 aliphatic rings. The molecule has 1 N–H and O–H groups in total. The summed E-state index contributed by atoms with van der Waals surface area (Å²) in [6.07, 6.45) is 0.960. The zero-order valence-corrected chi connectivity index (χ0v) is 11.7. The number of nitrogens with one attached hydrogen (secondary N) is 1. The summed E-state index contributed by atoms with van der Waals surface area (Å²) in [5.41, 5.74) is 0.149. The van der Waals surface area contributed by atoms with E-state index in [9.17, 15) is 4.79 Å². The molecule has 2 atom stereocenters. The summed E-state index contributed by atoms with van der Waals surface area (Å²) in [6, 6.07) is 9.97. The smallest absolute Gasteiger partial charge is 0.330 e. The first-order valence-electron chi connectivity index (χ1n) is 6.55. The lowest BCUT2D eigenvalue weighted by Gasteiger charge is -2.32. The van der Waals surface area contributed by atoms with Gasteiger partial charge in [-0.05, 0) is 32.8 Å². The van der Waals surface area contributed by atoms with Crippen molar-refractivity contribution in [3.63, 3.8) is 0 Å². The van der Waals surface area contributed by atoms with Gasteiger partial charge in [0.2, 0.25) is 0 Å².